The lowest BCUT2D eigenvalue weighted by molar-refractivity contribution is 1.12. The van der Waals surface area contributed by atoms with Crippen molar-refractivity contribution in [2.45, 2.75) is 10.7 Å². The predicted molar refractivity (Wildman–Crippen MR) is 48.2 cm³/mol. The molecule has 0 N–H and O–H groups in total. The van der Waals surface area contributed by atoms with Crippen LogP contribution in [-0.2, 0) is 3.79 Å². The van der Waals surface area contributed by atoms with Crippen molar-refractivity contribution >= 4 is 34.8 Å². The van der Waals surface area contributed by atoms with Crippen LogP contribution in [0.3, 0.4) is 0 Å². The van der Waals surface area contributed by atoms with E-state index in [2.05, 4.69) is 4.98 Å². The number of hydrogen-bond acceptors (Lipinski definition) is 1. The van der Waals surface area contributed by atoms with E-state index in [9.17, 15) is 0 Å². The largest absolute Gasteiger partial charge is 0.261 e. The van der Waals surface area contributed by atoms with Gasteiger partial charge in [0.25, 0.3) is 0 Å². The molecule has 0 unspecified atom stereocenters. The highest BCUT2D eigenvalue weighted by Crippen LogP contribution is 2.37. The molecule has 0 atom stereocenters. The standard InChI is InChI=1S/C7H6Cl3N/c1-5-2-3-6(4-11-5)7(8,9)10/h2-4H,1H3. The molecule has 0 saturated heterocycles. The number of aryl methyl sites for hydroxylation is 1. The summed E-state index contributed by atoms with van der Waals surface area (Å²) in [6.07, 6.45) is 1.56. The minimum Gasteiger partial charge on any atom is -0.261 e. The molecular weight excluding hydrogens is 204 g/mol. The second-order valence-electron chi connectivity index (χ2n) is 2.19. The van der Waals surface area contributed by atoms with Gasteiger partial charge in [-0.1, -0.05) is 40.9 Å². The second-order valence-corrected chi connectivity index (χ2v) is 4.47. The number of alkyl halides is 3. The van der Waals surface area contributed by atoms with Gasteiger partial charge in [-0.05, 0) is 13.0 Å². The van der Waals surface area contributed by atoms with Crippen LogP contribution in [0.4, 0.5) is 0 Å². The van der Waals surface area contributed by atoms with E-state index in [1.165, 1.54) is 0 Å². The summed E-state index contributed by atoms with van der Waals surface area (Å²) < 4.78 is -1.36. The number of aromatic nitrogens is 1. The van der Waals surface area contributed by atoms with Gasteiger partial charge in [0.1, 0.15) is 0 Å². The lowest BCUT2D eigenvalue weighted by Gasteiger charge is -2.09. The minimum absolute atomic E-state index is 0.591. The van der Waals surface area contributed by atoms with Crippen LogP contribution in [0.5, 0.6) is 0 Å². The summed E-state index contributed by atoms with van der Waals surface area (Å²) in [6, 6.07) is 3.55. The maximum atomic E-state index is 5.60. The SMILES string of the molecule is Cc1ccc(C(Cl)(Cl)Cl)cn1. The maximum Gasteiger partial charge on any atom is 0.217 e. The van der Waals surface area contributed by atoms with Gasteiger partial charge in [0.05, 0.1) is 0 Å². The first kappa shape index (κ1) is 9.11. The maximum absolute atomic E-state index is 5.60. The molecule has 0 aliphatic carbocycles. The predicted octanol–water partition coefficient (Wildman–Crippen LogP) is 3.22. The van der Waals surface area contributed by atoms with E-state index in [1.807, 2.05) is 6.92 Å². The van der Waals surface area contributed by atoms with Gasteiger partial charge in [-0.2, -0.15) is 0 Å². The molecule has 0 spiro atoms. The number of rotatable bonds is 0. The fourth-order valence-electron chi connectivity index (χ4n) is 0.635. The monoisotopic (exact) mass is 209 g/mol. The smallest absolute Gasteiger partial charge is 0.217 e. The van der Waals surface area contributed by atoms with Crippen LogP contribution in [0, 0.1) is 6.92 Å². The van der Waals surface area contributed by atoms with E-state index in [1.54, 1.807) is 18.3 Å². The van der Waals surface area contributed by atoms with Gasteiger partial charge >= 0.3 is 0 Å². The third-order valence-corrected chi connectivity index (χ3v) is 1.89. The summed E-state index contributed by atoms with van der Waals surface area (Å²) in [6.45, 7) is 1.88. The van der Waals surface area contributed by atoms with Gasteiger partial charge in [-0.3, -0.25) is 4.98 Å². The van der Waals surface area contributed by atoms with Gasteiger partial charge in [-0.25, -0.2) is 0 Å². The van der Waals surface area contributed by atoms with Crippen molar-refractivity contribution in [1.82, 2.24) is 4.98 Å². The van der Waals surface area contributed by atoms with Crippen molar-refractivity contribution in [3.05, 3.63) is 29.6 Å². The summed E-state index contributed by atoms with van der Waals surface area (Å²) in [7, 11) is 0. The first-order valence-corrected chi connectivity index (χ1v) is 4.13. The van der Waals surface area contributed by atoms with E-state index in [-0.39, 0.29) is 0 Å². The Morgan fingerprint density at radius 2 is 1.91 bits per heavy atom. The third kappa shape index (κ3) is 2.51. The molecule has 1 rings (SSSR count). The van der Waals surface area contributed by atoms with Crippen LogP contribution < -0.4 is 0 Å². The number of hydrogen-bond donors (Lipinski definition) is 0. The van der Waals surface area contributed by atoms with E-state index in [0.717, 1.165) is 5.69 Å². The van der Waals surface area contributed by atoms with Crippen LogP contribution >= 0.6 is 34.8 Å². The van der Waals surface area contributed by atoms with Crippen LogP contribution in [0.15, 0.2) is 18.3 Å². The van der Waals surface area contributed by atoms with E-state index < -0.39 is 3.79 Å². The summed E-state index contributed by atoms with van der Waals surface area (Å²) in [5, 5.41) is 0. The van der Waals surface area contributed by atoms with E-state index in [4.69, 9.17) is 34.8 Å². The van der Waals surface area contributed by atoms with Crippen LogP contribution in [0.1, 0.15) is 11.3 Å². The van der Waals surface area contributed by atoms with Crippen LogP contribution in [-0.4, -0.2) is 4.98 Å². The lowest BCUT2D eigenvalue weighted by Crippen LogP contribution is -2.00. The van der Waals surface area contributed by atoms with Crippen molar-refractivity contribution in [2.75, 3.05) is 0 Å². The fraction of sp³-hybridized carbons (Fsp3) is 0.286. The molecule has 0 aliphatic rings. The van der Waals surface area contributed by atoms with Gasteiger partial charge in [-0.15, -0.1) is 0 Å². The fourth-order valence-corrected chi connectivity index (χ4v) is 0.971. The molecule has 4 heteroatoms. The summed E-state index contributed by atoms with van der Waals surface area (Å²) in [5.41, 5.74) is 1.50. The topological polar surface area (TPSA) is 12.9 Å². The average molecular weight is 210 g/mol. The van der Waals surface area contributed by atoms with Crippen molar-refractivity contribution in [3.8, 4) is 0 Å². The van der Waals surface area contributed by atoms with Crippen LogP contribution in [0.25, 0.3) is 0 Å². The molecule has 0 fully saturated rings. The molecule has 0 saturated carbocycles. The first-order chi connectivity index (χ1) is 5.00. The van der Waals surface area contributed by atoms with Crippen LogP contribution in [0.2, 0.25) is 0 Å². The number of nitrogens with zero attached hydrogens (tertiary/aromatic N) is 1. The Kier molecular flexibility index (Phi) is 2.63. The lowest BCUT2D eigenvalue weighted by atomic mass is 10.3. The molecule has 1 nitrogen and oxygen atoms in total. The highest BCUT2D eigenvalue weighted by molar-refractivity contribution is 6.66. The molecule has 11 heavy (non-hydrogen) atoms. The average Bonchev–Trinajstić information content (AvgIpc) is 1.86. The molecule has 60 valence electrons. The van der Waals surface area contributed by atoms with Gasteiger partial charge < -0.3 is 0 Å². The van der Waals surface area contributed by atoms with E-state index in [0.29, 0.717) is 5.56 Å². The molecule has 0 aliphatic heterocycles. The Morgan fingerprint density at radius 3 is 2.27 bits per heavy atom. The van der Waals surface area contributed by atoms with Crippen molar-refractivity contribution < 1.29 is 0 Å². The number of pyridine rings is 1. The Balaban J connectivity index is 2.99. The summed E-state index contributed by atoms with van der Waals surface area (Å²) >= 11 is 16.8. The van der Waals surface area contributed by atoms with Gasteiger partial charge in [0, 0.05) is 17.5 Å². The Labute approximate surface area is 80.3 Å². The molecular formula is C7H6Cl3N. The highest BCUT2D eigenvalue weighted by atomic mass is 35.6. The van der Waals surface area contributed by atoms with Crippen molar-refractivity contribution in [3.63, 3.8) is 0 Å². The quantitative estimate of drug-likeness (QED) is 0.599. The second kappa shape index (κ2) is 3.18. The Bertz CT molecular complexity index is 237. The van der Waals surface area contributed by atoms with Gasteiger partial charge in [0.15, 0.2) is 0 Å². The van der Waals surface area contributed by atoms with E-state index >= 15 is 0 Å². The molecule has 0 radical (unpaired) electrons. The van der Waals surface area contributed by atoms with Crippen molar-refractivity contribution in [1.29, 1.82) is 0 Å². The zero-order chi connectivity index (χ0) is 8.48. The number of halogens is 3. The molecule has 1 aromatic rings. The Hall–Kier alpha value is 0.0200. The van der Waals surface area contributed by atoms with Gasteiger partial charge in [0.2, 0.25) is 3.79 Å². The molecule has 1 aromatic heterocycles. The van der Waals surface area contributed by atoms with Crippen molar-refractivity contribution in [2.24, 2.45) is 0 Å². The molecule has 0 bridgehead atoms. The Morgan fingerprint density at radius 1 is 1.27 bits per heavy atom. The molecule has 0 aromatic carbocycles. The zero-order valence-electron chi connectivity index (χ0n) is 5.81. The normalized spacial score (nSPS) is 11.6. The minimum atomic E-state index is -1.36. The molecule has 1 heterocycles. The highest BCUT2D eigenvalue weighted by Gasteiger charge is 2.22. The zero-order valence-corrected chi connectivity index (χ0v) is 8.08. The first-order valence-electron chi connectivity index (χ1n) is 3.00. The summed E-state index contributed by atoms with van der Waals surface area (Å²) in [4.78, 5) is 3.99. The third-order valence-electron chi connectivity index (χ3n) is 1.24. The molecule has 0 amide bonds. The summed E-state index contributed by atoms with van der Waals surface area (Å²) in [5.74, 6) is 0.